The maximum atomic E-state index is 12.6. The number of aromatic nitrogens is 2. The van der Waals surface area contributed by atoms with Crippen LogP contribution in [0.1, 0.15) is 45.4 Å². The highest BCUT2D eigenvalue weighted by Crippen LogP contribution is 2.25. The van der Waals surface area contributed by atoms with Gasteiger partial charge in [-0.15, -0.1) is 10.2 Å². The van der Waals surface area contributed by atoms with Crippen LogP contribution in [0.5, 0.6) is 0 Å². The van der Waals surface area contributed by atoms with E-state index in [2.05, 4.69) is 28.9 Å². The molecule has 0 spiro atoms. The van der Waals surface area contributed by atoms with Crippen LogP contribution < -0.4 is 0 Å². The van der Waals surface area contributed by atoms with Crippen LogP contribution >= 0.6 is 11.3 Å². The number of likely N-dealkylation sites (tertiary alicyclic amines) is 1. The molecular formula is C17H23N3O2S. The molecule has 1 atom stereocenters. The zero-order chi connectivity index (χ0) is 16.2. The van der Waals surface area contributed by atoms with Crippen LogP contribution in [0.2, 0.25) is 0 Å². The Hall–Kier alpha value is -1.69. The monoisotopic (exact) mass is 333 g/mol. The molecular weight excluding hydrogens is 310 g/mol. The Labute approximate surface area is 140 Å². The van der Waals surface area contributed by atoms with Gasteiger partial charge in [-0.05, 0) is 36.6 Å². The predicted molar refractivity (Wildman–Crippen MR) is 90.1 cm³/mol. The van der Waals surface area contributed by atoms with Gasteiger partial charge in [-0.2, -0.15) is 11.3 Å². The number of amides is 1. The van der Waals surface area contributed by atoms with E-state index in [-0.39, 0.29) is 5.91 Å². The number of hydrogen-bond acceptors (Lipinski definition) is 5. The maximum absolute atomic E-state index is 12.6. The van der Waals surface area contributed by atoms with Crippen LogP contribution in [-0.4, -0.2) is 33.6 Å². The predicted octanol–water partition coefficient (Wildman–Crippen LogP) is 3.77. The van der Waals surface area contributed by atoms with Crippen molar-refractivity contribution in [2.75, 3.05) is 6.54 Å². The summed E-state index contributed by atoms with van der Waals surface area (Å²) in [4.78, 5) is 14.6. The Bertz CT molecular complexity index is 636. The topological polar surface area (TPSA) is 59.2 Å². The summed E-state index contributed by atoms with van der Waals surface area (Å²) in [6.07, 6.45) is 4.40. The average Bonchev–Trinajstić information content (AvgIpc) is 3.23. The first-order chi connectivity index (χ1) is 11.1. The van der Waals surface area contributed by atoms with E-state index < -0.39 is 0 Å². The van der Waals surface area contributed by atoms with Crippen molar-refractivity contribution in [3.05, 3.63) is 22.7 Å². The number of piperidine rings is 1. The van der Waals surface area contributed by atoms with Crippen LogP contribution in [0.4, 0.5) is 0 Å². The summed E-state index contributed by atoms with van der Waals surface area (Å²) in [6, 6.07) is 2.33. The lowest BCUT2D eigenvalue weighted by Gasteiger charge is -2.38. The molecule has 0 radical (unpaired) electrons. The zero-order valence-electron chi connectivity index (χ0n) is 13.7. The third-order valence-corrected chi connectivity index (χ3v) is 5.11. The molecule has 1 amide bonds. The van der Waals surface area contributed by atoms with Crippen molar-refractivity contribution in [2.24, 2.45) is 5.92 Å². The van der Waals surface area contributed by atoms with E-state index >= 15 is 0 Å². The molecule has 0 aliphatic carbocycles. The van der Waals surface area contributed by atoms with Crippen molar-refractivity contribution < 1.29 is 9.21 Å². The molecule has 1 aliphatic rings. The van der Waals surface area contributed by atoms with Gasteiger partial charge in [0.1, 0.15) is 0 Å². The summed E-state index contributed by atoms with van der Waals surface area (Å²) in [5.74, 6) is 1.79. The van der Waals surface area contributed by atoms with Gasteiger partial charge in [0.15, 0.2) is 0 Å². The van der Waals surface area contributed by atoms with Crippen LogP contribution in [-0.2, 0) is 11.2 Å². The Balaban J connectivity index is 1.58. The van der Waals surface area contributed by atoms with Gasteiger partial charge in [-0.3, -0.25) is 4.79 Å². The van der Waals surface area contributed by atoms with Crippen LogP contribution in [0, 0.1) is 5.92 Å². The van der Waals surface area contributed by atoms with Crippen molar-refractivity contribution in [2.45, 2.75) is 52.0 Å². The molecule has 3 rings (SSSR count). The van der Waals surface area contributed by atoms with Crippen molar-refractivity contribution in [3.8, 4) is 11.5 Å². The van der Waals surface area contributed by atoms with E-state index in [9.17, 15) is 4.79 Å². The molecule has 124 valence electrons. The quantitative estimate of drug-likeness (QED) is 0.836. The number of carbonyl (C=O) groups excluding carboxylic acids is 1. The van der Waals surface area contributed by atoms with Crippen LogP contribution in [0.25, 0.3) is 11.5 Å². The molecule has 2 aromatic rings. The zero-order valence-corrected chi connectivity index (χ0v) is 14.5. The van der Waals surface area contributed by atoms with Gasteiger partial charge in [0.25, 0.3) is 0 Å². The Morgan fingerprint density at radius 3 is 3.04 bits per heavy atom. The molecule has 0 saturated carbocycles. The molecule has 1 saturated heterocycles. The summed E-state index contributed by atoms with van der Waals surface area (Å²) in [6.45, 7) is 5.27. The molecule has 1 unspecified atom stereocenters. The van der Waals surface area contributed by atoms with Gasteiger partial charge >= 0.3 is 0 Å². The molecule has 1 fully saturated rings. The second-order valence-corrected chi connectivity index (χ2v) is 7.19. The summed E-state index contributed by atoms with van der Waals surface area (Å²) in [5.41, 5.74) is 0.941. The lowest BCUT2D eigenvalue weighted by molar-refractivity contribution is -0.136. The van der Waals surface area contributed by atoms with E-state index in [1.165, 1.54) is 6.42 Å². The number of thiophene rings is 1. The number of carbonyl (C=O) groups is 1. The lowest BCUT2D eigenvalue weighted by atomic mass is 9.92. The number of hydrogen-bond donors (Lipinski definition) is 0. The van der Waals surface area contributed by atoms with Gasteiger partial charge < -0.3 is 9.32 Å². The van der Waals surface area contributed by atoms with Gasteiger partial charge in [0, 0.05) is 36.4 Å². The number of nitrogens with zero attached hydrogens (tertiary/aromatic N) is 3. The number of aryl methyl sites for hydroxylation is 1. The highest BCUT2D eigenvalue weighted by Gasteiger charge is 2.28. The van der Waals surface area contributed by atoms with Gasteiger partial charge in [-0.25, -0.2) is 0 Å². The van der Waals surface area contributed by atoms with E-state index in [0.29, 0.717) is 36.6 Å². The second kappa shape index (κ2) is 7.25. The minimum Gasteiger partial charge on any atom is -0.421 e. The third-order valence-electron chi connectivity index (χ3n) is 4.43. The molecule has 6 heteroatoms. The average molecular weight is 333 g/mol. The minimum atomic E-state index is 0.207. The molecule has 23 heavy (non-hydrogen) atoms. The summed E-state index contributed by atoms with van der Waals surface area (Å²) < 4.78 is 5.65. The Morgan fingerprint density at radius 1 is 1.43 bits per heavy atom. The standard InChI is InChI=1S/C17H23N3O2S/c1-12(2)14-5-3-4-9-20(14)16(21)7-6-15-18-19-17(22-15)13-8-10-23-11-13/h8,10-12,14H,3-7,9H2,1-2H3. The molecule has 5 nitrogen and oxygen atoms in total. The van der Waals surface area contributed by atoms with Gasteiger partial charge in [0.2, 0.25) is 17.7 Å². The first-order valence-electron chi connectivity index (χ1n) is 8.29. The Kier molecular flexibility index (Phi) is 5.10. The fourth-order valence-corrected chi connectivity index (χ4v) is 3.80. The molecule has 3 heterocycles. The molecule has 1 aliphatic heterocycles. The minimum absolute atomic E-state index is 0.207. The van der Waals surface area contributed by atoms with Crippen molar-refractivity contribution in [1.82, 2.24) is 15.1 Å². The lowest BCUT2D eigenvalue weighted by Crippen LogP contribution is -2.46. The highest BCUT2D eigenvalue weighted by molar-refractivity contribution is 7.08. The van der Waals surface area contributed by atoms with Gasteiger partial charge in [0.05, 0.1) is 0 Å². The summed E-state index contributed by atoms with van der Waals surface area (Å²) in [7, 11) is 0. The smallest absolute Gasteiger partial charge is 0.248 e. The third kappa shape index (κ3) is 3.80. The van der Waals surface area contributed by atoms with E-state index in [1.54, 1.807) is 11.3 Å². The van der Waals surface area contributed by atoms with Crippen LogP contribution in [0.15, 0.2) is 21.2 Å². The van der Waals surface area contributed by atoms with Crippen molar-refractivity contribution in [3.63, 3.8) is 0 Å². The Morgan fingerprint density at radius 2 is 2.30 bits per heavy atom. The van der Waals surface area contributed by atoms with E-state index in [0.717, 1.165) is 24.9 Å². The first kappa shape index (κ1) is 16.2. The molecule has 0 bridgehead atoms. The summed E-state index contributed by atoms with van der Waals surface area (Å²) in [5, 5.41) is 12.1. The van der Waals surface area contributed by atoms with E-state index in [4.69, 9.17) is 4.42 Å². The van der Waals surface area contributed by atoms with Crippen molar-refractivity contribution in [1.29, 1.82) is 0 Å². The number of rotatable bonds is 5. The van der Waals surface area contributed by atoms with Crippen LogP contribution in [0.3, 0.4) is 0 Å². The SMILES string of the molecule is CC(C)C1CCCCN1C(=O)CCc1nnc(-c2ccsc2)o1. The second-order valence-electron chi connectivity index (χ2n) is 6.41. The normalized spacial score (nSPS) is 18.6. The maximum Gasteiger partial charge on any atom is 0.248 e. The molecule has 2 aromatic heterocycles. The fraction of sp³-hybridized carbons (Fsp3) is 0.588. The summed E-state index contributed by atoms with van der Waals surface area (Å²) >= 11 is 1.60. The fourth-order valence-electron chi connectivity index (χ4n) is 3.18. The first-order valence-corrected chi connectivity index (χ1v) is 9.24. The van der Waals surface area contributed by atoms with E-state index in [1.807, 2.05) is 16.8 Å². The molecule has 0 aromatic carbocycles. The molecule has 0 N–H and O–H groups in total. The van der Waals surface area contributed by atoms with Gasteiger partial charge in [-0.1, -0.05) is 13.8 Å². The van der Waals surface area contributed by atoms with Crippen molar-refractivity contribution >= 4 is 17.2 Å². The largest absolute Gasteiger partial charge is 0.421 e. The highest BCUT2D eigenvalue weighted by atomic mass is 32.1.